The molecule has 0 bridgehead atoms. The Hall–Kier alpha value is -3.27. The van der Waals surface area contributed by atoms with E-state index in [9.17, 15) is 28.8 Å². The molecule has 11 heteroatoms. The minimum atomic E-state index is -2.53. The first-order valence-corrected chi connectivity index (χ1v) is 18.9. The van der Waals surface area contributed by atoms with Gasteiger partial charge in [-0.2, -0.15) is 0 Å². The second kappa shape index (κ2) is 19.9. The first-order chi connectivity index (χ1) is 23.6. The van der Waals surface area contributed by atoms with E-state index >= 15 is 0 Å². The summed E-state index contributed by atoms with van der Waals surface area (Å²) in [5.74, 6) is -4.27. The van der Waals surface area contributed by atoms with Gasteiger partial charge in [0.05, 0.1) is 18.7 Å². The molecule has 1 aliphatic heterocycles. The van der Waals surface area contributed by atoms with Crippen LogP contribution in [0, 0.1) is 10.8 Å². The number of ether oxygens (including phenoxy) is 2. The molecule has 1 fully saturated rings. The molecule has 1 N–H and O–H groups in total. The van der Waals surface area contributed by atoms with Crippen molar-refractivity contribution < 1.29 is 38.2 Å². The molecule has 2 rings (SSSR count). The minimum absolute atomic E-state index is 0.0248. The lowest BCUT2D eigenvalue weighted by Gasteiger charge is -2.38. The van der Waals surface area contributed by atoms with Crippen LogP contribution in [0.1, 0.15) is 149 Å². The fourth-order valence-corrected chi connectivity index (χ4v) is 6.87. The molecule has 0 radical (unpaired) electrons. The van der Waals surface area contributed by atoms with Crippen LogP contribution < -0.4 is 5.32 Å². The SMILES string of the molecule is CCCCCCCCCCCCOC(=O)C(C)OC(=O)c1cccc(NC(=O)C(Cl)(C(=O)C(C)(C)C)N2CC(=O)C(CCC)(CCC)C2=O)c1. The van der Waals surface area contributed by atoms with Crippen molar-refractivity contribution in [3.8, 4) is 0 Å². The Morgan fingerprint density at radius 1 is 0.880 bits per heavy atom. The number of hydrogen-bond donors (Lipinski definition) is 1. The summed E-state index contributed by atoms with van der Waals surface area (Å²) >= 11 is 6.93. The fraction of sp³-hybridized carbons (Fsp3) is 0.692. The third-order valence-corrected chi connectivity index (χ3v) is 9.76. The molecule has 0 aliphatic carbocycles. The van der Waals surface area contributed by atoms with E-state index in [1.807, 2.05) is 13.8 Å². The van der Waals surface area contributed by atoms with E-state index in [1.165, 1.54) is 76.1 Å². The van der Waals surface area contributed by atoms with Crippen molar-refractivity contribution in [2.24, 2.45) is 10.8 Å². The highest BCUT2D eigenvalue weighted by molar-refractivity contribution is 6.49. The normalized spacial score (nSPS) is 16.1. The number of halogens is 1. The number of Topliss-reactive ketones (excluding diaryl/α,β-unsaturated/α-hetero) is 2. The third kappa shape index (κ3) is 11.1. The quantitative estimate of drug-likeness (QED) is 0.0417. The van der Waals surface area contributed by atoms with Crippen LogP contribution in [0.5, 0.6) is 0 Å². The average Bonchev–Trinajstić information content (AvgIpc) is 3.31. The summed E-state index contributed by atoms with van der Waals surface area (Å²) in [6.07, 6.45) is 12.1. The van der Waals surface area contributed by atoms with E-state index in [4.69, 9.17) is 21.1 Å². The van der Waals surface area contributed by atoms with E-state index in [1.54, 1.807) is 20.8 Å². The molecule has 280 valence electrons. The number of ketones is 2. The van der Waals surface area contributed by atoms with Gasteiger partial charge in [0.2, 0.25) is 5.91 Å². The zero-order chi connectivity index (χ0) is 37.5. The molecule has 1 heterocycles. The maximum Gasteiger partial charge on any atom is 0.347 e. The highest BCUT2D eigenvalue weighted by Crippen LogP contribution is 2.44. The van der Waals surface area contributed by atoms with Gasteiger partial charge < -0.3 is 19.7 Å². The highest BCUT2D eigenvalue weighted by atomic mass is 35.5. The number of likely N-dealkylation sites (tertiary alicyclic amines) is 1. The molecule has 0 aromatic heterocycles. The second-order valence-electron chi connectivity index (χ2n) is 14.5. The number of benzene rings is 1. The van der Waals surface area contributed by atoms with E-state index in [0.29, 0.717) is 12.8 Å². The average molecular weight is 719 g/mol. The van der Waals surface area contributed by atoms with Gasteiger partial charge in [-0.1, -0.05) is 130 Å². The van der Waals surface area contributed by atoms with Crippen LogP contribution in [0.4, 0.5) is 5.69 Å². The van der Waals surface area contributed by atoms with Crippen molar-refractivity contribution in [2.75, 3.05) is 18.5 Å². The number of carbonyl (C=O) groups is 6. The van der Waals surface area contributed by atoms with E-state index in [-0.39, 0.29) is 36.5 Å². The van der Waals surface area contributed by atoms with Crippen molar-refractivity contribution in [2.45, 2.75) is 149 Å². The monoisotopic (exact) mass is 718 g/mol. The molecular formula is C39H59ClN2O8. The van der Waals surface area contributed by atoms with E-state index < -0.39 is 58.0 Å². The van der Waals surface area contributed by atoms with Crippen molar-refractivity contribution in [1.29, 1.82) is 0 Å². The molecule has 1 saturated heterocycles. The second-order valence-corrected chi connectivity index (χ2v) is 15.1. The summed E-state index contributed by atoms with van der Waals surface area (Å²) in [4.78, 5) is 78.9. The largest absolute Gasteiger partial charge is 0.463 e. The van der Waals surface area contributed by atoms with Gasteiger partial charge in [0.1, 0.15) is 5.41 Å². The zero-order valence-electron chi connectivity index (χ0n) is 31.3. The molecule has 1 aromatic rings. The molecule has 50 heavy (non-hydrogen) atoms. The topological polar surface area (TPSA) is 136 Å². The summed E-state index contributed by atoms with van der Waals surface area (Å²) in [5, 5.41) is 2.58. The number of rotatable bonds is 22. The van der Waals surface area contributed by atoms with Gasteiger partial charge >= 0.3 is 11.9 Å². The van der Waals surface area contributed by atoms with Crippen molar-refractivity contribution in [1.82, 2.24) is 4.90 Å². The molecule has 2 atom stereocenters. The number of alkyl halides is 1. The van der Waals surface area contributed by atoms with Gasteiger partial charge in [-0.25, -0.2) is 9.59 Å². The van der Waals surface area contributed by atoms with Gasteiger partial charge in [0.25, 0.3) is 10.9 Å². The maximum atomic E-state index is 13.9. The van der Waals surface area contributed by atoms with Crippen LogP contribution in [0.15, 0.2) is 24.3 Å². The van der Waals surface area contributed by atoms with Crippen LogP contribution in [0.2, 0.25) is 0 Å². The fourth-order valence-electron chi connectivity index (χ4n) is 6.40. The molecule has 0 saturated carbocycles. The van der Waals surface area contributed by atoms with Crippen molar-refractivity contribution in [3.63, 3.8) is 0 Å². The Balaban J connectivity index is 2.06. The molecule has 2 amide bonds. The Bertz CT molecular complexity index is 1330. The number of esters is 2. The highest BCUT2D eigenvalue weighted by Gasteiger charge is 2.63. The summed E-state index contributed by atoms with van der Waals surface area (Å²) in [6.45, 7) is 11.9. The van der Waals surface area contributed by atoms with Crippen molar-refractivity contribution in [3.05, 3.63) is 29.8 Å². The van der Waals surface area contributed by atoms with E-state index in [0.717, 1.165) is 24.2 Å². The number of unbranched alkanes of at least 4 members (excludes halogenated alkanes) is 9. The number of carbonyl (C=O) groups excluding carboxylic acids is 6. The van der Waals surface area contributed by atoms with Gasteiger partial charge in [-0.15, -0.1) is 0 Å². The summed E-state index contributed by atoms with van der Waals surface area (Å²) in [6, 6.07) is 5.73. The Morgan fingerprint density at radius 3 is 1.98 bits per heavy atom. The number of amides is 2. The number of nitrogens with zero attached hydrogens (tertiary/aromatic N) is 1. The Labute approximate surface area is 303 Å². The number of anilines is 1. The summed E-state index contributed by atoms with van der Waals surface area (Å²) in [5.41, 5.74) is -2.39. The van der Waals surface area contributed by atoms with Gasteiger partial charge in [0.15, 0.2) is 17.7 Å². The van der Waals surface area contributed by atoms with Crippen LogP contribution in [-0.4, -0.2) is 64.5 Å². The van der Waals surface area contributed by atoms with Crippen LogP contribution in [0.25, 0.3) is 0 Å². The lowest BCUT2D eigenvalue weighted by atomic mass is 9.77. The standard InChI is InChI=1S/C39H59ClN2O8/c1-8-11-12-13-14-15-16-17-18-19-25-49-32(44)28(4)50-33(45)29-21-20-22-30(26-29)41-35(47)39(40,34(46)37(5,6)7)42-27-31(43)38(23-9-2,24-10-3)36(42)48/h20-22,26,28H,8-19,23-25,27H2,1-7H3,(H,41,47). The number of hydrogen-bond acceptors (Lipinski definition) is 8. The van der Waals surface area contributed by atoms with Gasteiger partial charge in [-0.05, 0) is 44.4 Å². The van der Waals surface area contributed by atoms with Crippen molar-refractivity contribution >= 4 is 52.6 Å². The zero-order valence-corrected chi connectivity index (χ0v) is 32.0. The van der Waals surface area contributed by atoms with E-state index in [2.05, 4.69) is 12.2 Å². The molecule has 1 aliphatic rings. The summed E-state index contributed by atoms with van der Waals surface area (Å²) < 4.78 is 10.6. The Kier molecular flexibility index (Phi) is 17.1. The molecule has 1 aromatic carbocycles. The lowest BCUT2D eigenvalue weighted by Crippen LogP contribution is -2.62. The predicted molar refractivity (Wildman–Crippen MR) is 195 cm³/mol. The minimum Gasteiger partial charge on any atom is -0.463 e. The number of nitrogens with one attached hydrogen (secondary N) is 1. The molecular weight excluding hydrogens is 660 g/mol. The third-order valence-electron chi connectivity index (χ3n) is 9.21. The maximum absolute atomic E-state index is 13.9. The molecule has 2 unspecified atom stereocenters. The van der Waals surface area contributed by atoms with Gasteiger partial charge in [-0.3, -0.25) is 19.2 Å². The molecule has 0 spiro atoms. The van der Waals surface area contributed by atoms with Crippen LogP contribution in [0.3, 0.4) is 0 Å². The smallest absolute Gasteiger partial charge is 0.347 e. The first-order valence-electron chi connectivity index (χ1n) is 18.5. The predicted octanol–water partition coefficient (Wildman–Crippen LogP) is 8.18. The van der Waals surface area contributed by atoms with Crippen LogP contribution in [-0.2, 0) is 33.4 Å². The lowest BCUT2D eigenvalue weighted by molar-refractivity contribution is -0.153. The van der Waals surface area contributed by atoms with Crippen LogP contribution >= 0.6 is 11.6 Å². The summed E-state index contributed by atoms with van der Waals surface area (Å²) in [7, 11) is 0. The first kappa shape index (κ1) is 42.9. The Morgan fingerprint density at radius 2 is 1.44 bits per heavy atom. The van der Waals surface area contributed by atoms with Gasteiger partial charge in [0, 0.05) is 11.1 Å². The molecule has 10 nitrogen and oxygen atoms in total.